The van der Waals surface area contributed by atoms with Gasteiger partial charge in [-0.1, -0.05) is 12.1 Å². The normalized spacial score (nSPS) is 30.1. The second-order valence-corrected chi connectivity index (χ2v) is 5.83. The molecule has 0 aliphatic carbocycles. The SMILES string of the molecule is C[C@@H](OC1CCCCO1)[C@@]1(c2ccc(C(F)(F)F)cc2)CO1. The van der Waals surface area contributed by atoms with Crippen LogP contribution in [0, 0.1) is 0 Å². The van der Waals surface area contributed by atoms with Crippen molar-refractivity contribution in [1.82, 2.24) is 0 Å². The number of benzene rings is 1. The molecule has 0 spiro atoms. The molecule has 6 heteroatoms. The Hall–Kier alpha value is -1.11. The van der Waals surface area contributed by atoms with E-state index in [9.17, 15) is 13.2 Å². The Balaban J connectivity index is 1.69. The standard InChI is InChI=1S/C16H19F3O3/c1-11(22-14-4-2-3-9-20-14)15(10-21-15)12-5-7-13(8-6-12)16(17,18)19/h5-8,11,14H,2-4,9-10H2,1H3/t11-,14?,15-/m1/s1. The molecule has 2 aliphatic heterocycles. The van der Waals surface area contributed by atoms with Crippen molar-refractivity contribution >= 4 is 0 Å². The summed E-state index contributed by atoms with van der Waals surface area (Å²) in [7, 11) is 0. The second-order valence-electron chi connectivity index (χ2n) is 5.83. The molecule has 0 aromatic heterocycles. The number of hydrogen-bond donors (Lipinski definition) is 0. The van der Waals surface area contributed by atoms with Gasteiger partial charge < -0.3 is 14.2 Å². The van der Waals surface area contributed by atoms with Gasteiger partial charge in [-0.25, -0.2) is 0 Å². The molecule has 0 saturated carbocycles. The van der Waals surface area contributed by atoms with E-state index in [2.05, 4.69) is 0 Å². The topological polar surface area (TPSA) is 31.0 Å². The van der Waals surface area contributed by atoms with Gasteiger partial charge in [0.05, 0.1) is 18.3 Å². The lowest BCUT2D eigenvalue weighted by Gasteiger charge is -2.29. The molecule has 2 aliphatic rings. The average molecular weight is 316 g/mol. The minimum Gasteiger partial charge on any atom is -0.362 e. The van der Waals surface area contributed by atoms with Crippen molar-refractivity contribution in [2.45, 2.75) is 50.4 Å². The third-order valence-electron chi connectivity index (χ3n) is 4.31. The molecule has 1 unspecified atom stereocenters. The molecule has 2 fully saturated rings. The predicted molar refractivity (Wildman–Crippen MR) is 73.2 cm³/mol. The largest absolute Gasteiger partial charge is 0.416 e. The Kier molecular flexibility index (Phi) is 4.18. The van der Waals surface area contributed by atoms with Crippen LogP contribution >= 0.6 is 0 Å². The zero-order valence-electron chi connectivity index (χ0n) is 12.4. The lowest BCUT2D eigenvalue weighted by atomic mass is 9.94. The first-order chi connectivity index (χ1) is 10.4. The van der Waals surface area contributed by atoms with Crippen molar-refractivity contribution in [3.05, 3.63) is 35.4 Å². The number of hydrogen-bond acceptors (Lipinski definition) is 3. The summed E-state index contributed by atoms with van der Waals surface area (Å²) < 4.78 is 54.9. The summed E-state index contributed by atoms with van der Waals surface area (Å²) in [6, 6.07) is 5.11. The fraction of sp³-hybridized carbons (Fsp3) is 0.625. The molecule has 0 radical (unpaired) electrons. The second kappa shape index (κ2) is 5.83. The van der Waals surface area contributed by atoms with Gasteiger partial charge in [0.2, 0.25) is 0 Å². The van der Waals surface area contributed by atoms with Gasteiger partial charge in [-0.3, -0.25) is 0 Å². The van der Waals surface area contributed by atoms with Gasteiger partial charge >= 0.3 is 6.18 Å². The number of epoxide rings is 1. The number of halogens is 3. The fourth-order valence-corrected chi connectivity index (χ4v) is 2.81. The Bertz CT molecular complexity index is 502. The summed E-state index contributed by atoms with van der Waals surface area (Å²) in [5.41, 5.74) is -0.592. The van der Waals surface area contributed by atoms with Crippen LogP contribution in [-0.2, 0) is 26.0 Å². The average Bonchev–Trinajstić information content (AvgIpc) is 3.29. The smallest absolute Gasteiger partial charge is 0.362 e. The molecular formula is C16H19F3O3. The van der Waals surface area contributed by atoms with E-state index < -0.39 is 17.3 Å². The highest BCUT2D eigenvalue weighted by atomic mass is 19.4. The van der Waals surface area contributed by atoms with E-state index in [0.717, 1.165) is 31.4 Å². The molecule has 0 bridgehead atoms. The first kappa shape index (κ1) is 15.8. The molecule has 3 rings (SSSR count). The third-order valence-corrected chi connectivity index (χ3v) is 4.31. The quantitative estimate of drug-likeness (QED) is 0.790. The van der Waals surface area contributed by atoms with E-state index in [4.69, 9.17) is 14.2 Å². The predicted octanol–water partition coefficient (Wildman–Crippen LogP) is 3.86. The molecule has 3 nitrogen and oxygen atoms in total. The minimum atomic E-state index is -4.33. The highest BCUT2D eigenvalue weighted by molar-refractivity contribution is 5.32. The minimum absolute atomic E-state index is 0.251. The summed E-state index contributed by atoms with van der Waals surface area (Å²) >= 11 is 0. The molecule has 0 N–H and O–H groups in total. The van der Waals surface area contributed by atoms with Crippen LogP contribution in [0.4, 0.5) is 13.2 Å². The van der Waals surface area contributed by atoms with E-state index in [0.29, 0.717) is 18.8 Å². The van der Waals surface area contributed by atoms with Gasteiger partial charge in [0.15, 0.2) is 6.29 Å². The van der Waals surface area contributed by atoms with Crippen molar-refractivity contribution in [1.29, 1.82) is 0 Å². The fourth-order valence-electron chi connectivity index (χ4n) is 2.81. The molecule has 1 aromatic carbocycles. The Morgan fingerprint density at radius 1 is 1.23 bits per heavy atom. The van der Waals surface area contributed by atoms with E-state index in [1.807, 2.05) is 6.92 Å². The van der Waals surface area contributed by atoms with Crippen molar-refractivity contribution in [3.63, 3.8) is 0 Å². The molecule has 22 heavy (non-hydrogen) atoms. The van der Waals surface area contributed by atoms with E-state index in [-0.39, 0.29) is 12.4 Å². The lowest BCUT2D eigenvalue weighted by Crippen LogP contribution is -2.34. The Morgan fingerprint density at radius 3 is 2.41 bits per heavy atom. The zero-order chi connectivity index (χ0) is 15.8. The van der Waals surface area contributed by atoms with E-state index >= 15 is 0 Å². The maximum Gasteiger partial charge on any atom is 0.416 e. The van der Waals surface area contributed by atoms with Gasteiger partial charge in [-0.15, -0.1) is 0 Å². The van der Waals surface area contributed by atoms with Crippen molar-refractivity contribution in [2.75, 3.05) is 13.2 Å². The van der Waals surface area contributed by atoms with Crippen LogP contribution in [0.1, 0.15) is 37.3 Å². The Morgan fingerprint density at radius 2 is 1.91 bits per heavy atom. The van der Waals surface area contributed by atoms with Crippen LogP contribution < -0.4 is 0 Å². The van der Waals surface area contributed by atoms with Crippen LogP contribution in [0.5, 0.6) is 0 Å². The lowest BCUT2D eigenvalue weighted by molar-refractivity contribution is -0.197. The third kappa shape index (κ3) is 3.14. The molecule has 3 atom stereocenters. The van der Waals surface area contributed by atoms with Crippen LogP contribution in [0.3, 0.4) is 0 Å². The number of alkyl halides is 3. The van der Waals surface area contributed by atoms with Gasteiger partial charge in [0.1, 0.15) is 5.60 Å². The number of ether oxygens (including phenoxy) is 3. The first-order valence-electron chi connectivity index (χ1n) is 7.50. The highest BCUT2D eigenvalue weighted by Gasteiger charge is 2.53. The van der Waals surface area contributed by atoms with Crippen LogP contribution in [0.2, 0.25) is 0 Å². The van der Waals surface area contributed by atoms with Crippen LogP contribution in [0.25, 0.3) is 0 Å². The molecule has 2 saturated heterocycles. The molecule has 1 aromatic rings. The van der Waals surface area contributed by atoms with E-state index in [1.165, 1.54) is 12.1 Å². The summed E-state index contributed by atoms with van der Waals surface area (Å²) in [5.74, 6) is 0. The number of rotatable bonds is 4. The summed E-state index contributed by atoms with van der Waals surface area (Å²) in [6.45, 7) is 3.01. The van der Waals surface area contributed by atoms with Crippen molar-refractivity contribution < 1.29 is 27.4 Å². The van der Waals surface area contributed by atoms with E-state index in [1.54, 1.807) is 0 Å². The van der Waals surface area contributed by atoms with Gasteiger partial charge in [0.25, 0.3) is 0 Å². The highest BCUT2D eigenvalue weighted by Crippen LogP contribution is 2.44. The first-order valence-corrected chi connectivity index (χ1v) is 7.50. The summed E-state index contributed by atoms with van der Waals surface area (Å²) in [4.78, 5) is 0. The Labute approximate surface area is 127 Å². The van der Waals surface area contributed by atoms with Crippen LogP contribution in [-0.4, -0.2) is 25.6 Å². The molecular weight excluding hydrogens is 297 g/mol. The summed E-state index contributed by atoms with van der Waals surface area (Å²) in [5, 5.41) is 0. The molecule has 122 valence electrons. The zero-order valence-corrected chi connectivity index (χ0v) is 12.4. The maximum atomic E-state index is 12.6. The van der Waals surface area contributed by atoms with Gasteiger partial charge in [-0.05, 0) is 43.9 Å². The summed E-state index contributed by atoms with van der Waals surface area (Å²) in [6.07, 6.45) is -1.91. The molecule has 0 amide bonds. The van der Waals surface area contributed by atoms with Gasteiger partial charge in [0, 0.05) is 6.61 Å². The van der Waals surface area contributed by atoms with Crippen LogP contribution in [0.15, 0.2) is 24.3 Å². The van der Waals surface area contributed by atoms with Gasteiger partial charge in [-0.2, -0.15) is 13.2 Å². The monoisotopic (exact) mass is 316 g/mol. The van der Waals surface area contributed by atoms with Crippen molar-refractivity contribution in [3.8, 4) is 0 Å². The maximum absolute atomic E-state index is 12.6. The molecule has 2 heterocycles. The van der Waals surface area contributed by atoms with Crippen molar-refractivity contribution in [2.24, 2.45) is 0 Å².